The van der Waals surface area contributed by atoms with Gasteiger partial charge >= 0.3 is 0 Å². The van der Waals surface area contributed by atoms with E-state index >= 15 is 0 Å². The lowest BCUT2D eigenvalue weighted by molar-refractivity contribution is 0.251. The first kappa shape index (κ1) is 12.5. The van der Waals surface area contributed by atoms with Gasteiger partial charge < -0.3 is 5.32 Å². The first-order valence-electron chi connectivity index (χ1n) is 6.62. The second kappa shape index (κ2) is 6.12. The number of nitrogens with zero attached hydrogens (tertiary/aromatic N) is 2. The zero-order valence-corrected chi connectivity index (χ0v) is 10.9. The van der Waals surface area contributed by atoms with Gasteiger partial charge in [-0.05, 0) is 51.4 Å². The summed E-state index contributed by atoms with van der Waals surface area (Å²) in [4.78, 5) is 6.96. The Hall–Kier alpha value is -0.930. The van der Waals surface area contributed by atoms with Gasteiger partial charge in [-0.2, -0.15) is 0 Å². The molecule has 0 bridgehead atoms. The average molecular weight is 233 g/mol. The van der Waals surface area contributed by atoms with Gasteiger partial charge in [0.25, 0.3) is 0 Å². The summed E-state index contributed by atoms with van der Waals surface area (Å²) in [5.41, 5.74) is 2.44. The number of aromatic nitrogens is 1. The van der Waals surface area contributed by atoms with E-state index in [0.29, 0.717) is 6.04 Å². The minimum Gasteiger partial charge on any atom is -0.310 e. The fraction of sp³-hybridized carbons (Fsp3) is 0.643. The lowest BCUT2D eigenvalue weighted by Crippen LogP contribution is -2.38. The van der Waals surface area contributed by atoms with E-state index in [-0.39, 0.29) is 0 Å². The average Bonchev–Trinajstić information content (AvgIpc) is 2.85. The SMILES string of the molecule is Cc1cccnc1CNCC(C)N1CCCC1. The van der Waals surface area contributed by atoms with Crippen molar-refractivity contribution in [3.63, 3.8) is 0 Å². The molecule has 1 N–H and O–H groups in total. The van der Waals surface area contributed by atoms with Crippen molar-refractivity contribution in [1.29, 1.82) is 0 Å². The minimum atomic E-state index is 0.640. The van der Waals surface area contributed by atoms with Crippen LogP contribution in [0.2, 0.25) is 0 Å². The molecule has 0 radical (unpaired) electrons. The molecule has 1 aliphatic heterocycles. The van der Waals surface area contributed by atoms with E-state index in [2.05, 4.69) is 35.1 Å². The third kappa shape index (κ3) is 3.51. The second-order valence-corrected chi connectivity index (χ2v) is 4.99. The van der Waals surface area contributed by atoms with Crippen molar-refractivity contribution < 1.29 is 0 Å². The molecule has 0 saturated carbocycles. The van der Waals surface area contributed by atoms with Crippen LogP contribution in [0.15, 0.2) is 18.3 Å². The standard InChI is InChI=1S/C14H23N3/c1-12-6-5-7-16-14(12)11-15-10-13(2)17-8-3-4-9-17/h5-7,13,15H,3-4,8-11H2,1-2H3. The summed E-state index contributed by atoms with van der Waals surface area (Å²) < 4.78 is 0. The molecule has 0 aromatic carbocycles. The summed E-state index contributed by atoms with van der Waals surface area (Å²) in [5.74, 6) is 0. The van der Waals surface area contributed by atoms with Crippen LogP contribution in [0.5, 0.6) is 0 Å². The number of pyridine rings is 1. The first-order valence-corrected chi connectivity index (χ1v) is 6.62. The van der Waals surface area contributed by atoms with Gasteiger partial charge in [0.2, 0.25) is 0 Å². The zero-order valence-electron chi connectivity index (χ0n) is 10.9. The lowest BCUT2D eigenvalue weighted by Gasteiger charge is -2.24. The highest BCUT2D eigenvalue weighted by molar-refractivity contribution is 5.17. The van der Waals surface area contributed by atoms with Gasteiger partial charge in [0.15, 0.2) is 0 Å². The van der Waals surface area contributed by atoms with Gasteiger partial charge in [-0.25, -0.2) is 0 Å². The molecule has 0 aliphatic carbocycles. The zero-order chi connectivity index (χ0) is 12.1. The van der Waals surface area contributed by atoms with Crippen LogP contribution < -0.4 is 5.32 Å². The number of nitrogens with one attached hydrogen (secondary N) is 1. The summed E-state index contributed by atoms with van der Waals surface area (Å²) in [6.07, 6.45) is 4.60. The van der Waals surface area contributed by atoms with Crippen LogP contribution in [-0.4, -0.2) is 35.6 Å². The number of rotatable bonds is 5. The maximum Gasteiger partial charge on any atom is 0.0570 e. The van der Waals surface area contributed by atoms with Gasteiger partial charge in [0.05, 0.1) is 5.69 Å². The molecule has 3 heteroatoms. The topological polar surface area (TPSA) is 28.2 Å². The molecular weight excluding hydrogens is 210 g/mol. The van der Waals surface area contributed by atoms with Crippen molar-refractivity contribution in [1.82, 2.24) is 15.2 Å². The highest BCUT2D eigenvalue weighted by atomic mass is 15.2. The molecular formula is C14H23N3. The predicted octanol–water partition coefficient (Wildman–Crippen LogP) is 1.96. The van der Waals surface area contributed by atoms with Crippen molar-refractivity contribution in [2.45, 2.75) is 39.3 Å². The molecule has 0 spiro atoms. The molecule has 1 aromatic heterocycles. The normalized spacial score (nSPS) is 18.5. The van der Waals surface area contributed by atoms with E-state index in [0.717, 1.165) is 13.1 Å². The number of hydrogen-bond acceptors (Lipinski definition) is 3. The molecule has 17 heavy (non-hydrogen) atoms. The Morgan fingerprint density at radius 2 is 2.18 bits per heavy atom. The van der Waals surface area contributed by atoms with Crippen molar-refractivity contribution in [2.24, 2.45) is 0 Å². The van der Waals surface area contributed by atoms with Crippen LogP contribution in [0.3, 0.4) is 0 Å². The van der Waals surface area contributed by atoms with Crippen molar-refractivity contribution in [3.05, 3.63) is 29.6 Å². The van der Waals surface area contributed by atoms with Crippen LogP contribution in [0.4, 0.5) is 0 Å². The van der Waals surface area contributed by atoms with Crippen LogP contribution in [-0.2, 0) is 6.54 Å². The molecule has 2 heterocycles. The van der Waals surface area contributed by atoms with Gasteiger partial charge in [-0.15, -0.1) is 0 Å². The monoisotopic (exact) mass is 233 g/mol. The highest BCUT2D eigenvalue weighted by Crippen LogP contribution is 2.11. The predicted molar refractivity (Wildman–Crippen MR) is 70.9 cm³/mol. The summed E-state index contributed by atoms with van der Waals surface area (Å²) in [5, 5.41) is 3.52. The van der Waals surface area contributed by atoms with Crippen LogP contribution in [0.1, 0.15) is 31.0 Å². The van der Waals surface area contributed by atoms with Gasteiger partial charge in [-0.1, -0.05) is 6.07 Å². The number of aryl methyl sites for hydroxylation is 1. The number of likely N-dealkylation sites (tertiary alicyclic amines) is 1. The molecule has 0 amide bonds. The first-order chi connectivity index (χ1) is 8.27. The maximum atomic E-state index is 4.40. The summed E-state index contributed by atoms with van der Waals surface area (Å²) >= 11 is 0. The van der Waals surface area contributed by atoms with Crippen molar-refractivity contribution in [2.75, 3.05) is 19.6 Å². The Balaban J connectivity index is 1.74. The Morgan fingerprint density at radius 3 is 2.88 bits per heavy atom. The Labute approximate surface area is 104 Å². The molecule has 3 nitrogen and oxygen atoms in total. The van der Waals surface area contributed by atoms with Crippen molar-refractivity contribution in [3.8, 4) is 0 Å². The Morgan fingerprint density at radius 1 is 1.41 bits per heavy atom. The molecule has 1 atom stereocenters. The second-order valence-electron chi connectivity index (χ2n) is 4.99. The maximum absolute atomic E-state index is 4.40. The quantitative estimate of drug-likeness (QED) is 0.842. The van der Waals surface area contributed by atoms with Crippen LogP contribution in [0.25, 0.3) is 0 Å². The minimum absolute atomic E-state index is 0.640. The molecule has 2 rings (SSSR count). The lowest BCUT2D eigenvalue weighted by atomic mass is 10.2. The highest BCUT2D eigenvalue weighted by Gasteiger charge is 2.17. The Bertz CT molecular complexity index is 345. The van der Waals surface area contributed by atoms with Gasteiger partial charge in [-0.3, -0.25) is 9.88 Å². The van der Waals surface area contributed by atoms with E-state index in [1.807, 2.05) is 12.3 Å². The smallest absolute Gasteiger partial charge is 0.0570 e. The van der Waals surface area contributed by atoms with Crippen LogP contribution in [0, 0.1) is 6.92 Å². The van der Waals surface area contributed by atoms with Gasteiger partial charge in [0.1, 0.15) is 0 Å². The molecule has 1 fully saturated rings. The van der Waals surface area contributed by atoms with E-state index in [1.165, 1.54) is 37.2 Å². The molecule has 1 unspecified atom stereocenters. The largest absolute Gasteiger partial charge is 0.310 e. The van der Waals surface area contributed by atoms with Crippen LogP contribution >= 0.6 is 0 Å². The van der Waals surface area contributed by atoms with Crippen molar-refractivity contribution >= 4 is 0 Å². The number of hydrogen-bond donors (Lipinski definition) is 1. The third-order valence-corrected chi connectivity index (χ3v) is 3.61. The summed E-state index contributed by atoms with van der Waals surface area (Å²) in [6.45, 7) is 8.90. The summed E-state index contributed by atoms with van der Waals surface area (Å²) in [6, 6.07) is 4.75. The van der Waals surface area contributed by atoms with E-state index in [1.54, 1.807) is 0 Å². The summed E-state index contributed by atoms with van der Waals surface area (Å²) in [7, 11) is 0. The fourth-order valence-corrected chi connectivity index (χ4v) is 2.41. The molecule has 1 aliphatic rings. The van der Waals surface area contributed by atoms with Gasteiger partial charge in [0, 0.05) is 25.3 Å². The molecule has 94 valence electrons. The van der Waals surface area contributed by atoms with E-state index in [4.69, 9.17) is 0 Å². The Kier molecular flexibility index (Phi) is 4.51. The van der Waals surface area contributed by atoms with E-state index in [9.17, 15) is 0 Å². The third-order valence-electron chi connectivity index (χ3n) is 3.61. The molecule has 1 aromatic rings. The molecule has 1 saturated heterocycles. The fourth-order valence-electron chi connectivity index (χ4n) is 2.41. The van der Waals surface area contributed by atoms with E-state index < -0.39 is 0 Å².